The number of halogens is 3. The van der Waals surface area contributed by atoms with Gasteiger partial charge in [-0.05, 0) is 24.6 Å². The van der Waals surface area contributed by atoms with Gasteiger partial charge in [0.1, 0.15) is 4.99 Å². The summed E-state index contributed by atoms with van der Waals surface area (Å²) in [6.45, 7) is 0.794. The van der Waals surface area contributed by atoms with E-state index in [1.54, 1.807) is 0 Å². The molecule has 0 radical (unpaired) electrons. The summed E-state index contributed by atoms with van der Waals surface area (Å²) in [5, 5.41) is 2.56. The Morgan fingerprint density at radius 2 is 2.14 bits per heavy atom. The Hall–Kier alpha value is -1.67. The van der Waals surface area contributed by atoms with Crippen LogP contribution in [0.1, 0.15) is 17.5 Å². The number of thiocarbonyl (C=S) groups is 1. The van der Waals surface area contributed by atoms with Crippen LogP contribution in [-0.4, -0.2) is 24.1 Å². The molecule has 21 heavy (non-hydrogen) atoms. The first-order valence-corrected chi connectivity index (χ1v) is 6.59. The van der Waals surface area contributed by atoms with Crippen LogP contribution in [0.4, 0.5) is 18.9 Å². The van der Waals surface area contributed by atoms with Gasteiger partial charge in [0.15, 0.2) is 0 Å². The number of carbonyl (C=O) groups is 1. The number of carbonyl (C=O) groups excluding carboxylic acids is 1. The zero-order valence-electron chi connectivity index (χ0n) is 10.9. The molecule has 1 aliphatic heterocycles. The van der Waals surface area contributed by atoms with E-state index in [9.17, 15) is 18.0 Å². The molecule has 8 heteroatoms. The molecule has 1 heterocycles. The van der Waals surface area contributed by atoms with Crippen molar-refractivity contribution in [1.82, 2.24) is 0 Å². The van der Waals surface area contributed by atoms with Crippen LogP contribution < -0.4 is 11.1 Å². The molecule has 1 fully saturated rings. The summed E-state index contributed by atoms with van der Waals surface area (Å²) in [6.07, 6.45) is -3.92. The number of nitrogens with one attached hydrogen (secondary N) is 1. The summed E-state index contributed by atoms with van der Waals surface area (Å²) in [6, 6.07) is 2.87. The average Bonchev–Trinajstić information content (AvgIpc) is 2.91. The highest BCUT2D eigenvalue weighted by Crippen LogP contribution is 2.32. The number of anilines is 1. The maximum absolute atomic E-state index is 12.7. The molecule has 2 rings (SSSR count). The van der Waals surface area contributed by atoms with Crippen molar-refractivity contribution in [2.75, 3.05) is 18.5 Å². The molecule has 1 amide bonds. The summed E-state index contributed by atoms with van der Waals surface area (Å²) in [7, 11) is 0. The minimum absolute atomic E-state index is 0.00732. The molecule has 3 N–H and O–H groups in total. The Morgan fingerprint density at radius 3 is 2.67 bits per heavy atom. The smallest absolute Gasteiger partial charge is 0.389 e. The predicted molar refractivity (Wildman–Crippen MR) is 74.9 cm³/mol. The zero-order valence-corrected chi connectivity index (χ0v) is 11.7. The molecule has 1 aromatic carbocycles. The van der Waals surface area contributed by atoms with Gasteiger partial charge in [-0.1, -0.05) is 12.2 Å². The topological polar surface area (TPSA) is 64.3 Å². The molecule has 1 unspecified atom stereocenters. The second-order valence-electron chi connectivity index (χ2n) is 4.67. The number of amides is 1. The fourth-order valence-electron chi connectivity index (χ4n) is 2.01. The number of nitrogens with two attached hydrogens (primary N) is 1. The molecule has 0 aromatic heterocycles. The molecule has 0 saturated carbocycles. The summed E-state index contributed by atoms with van der Waals surface area (Å²) < 4.78 is 43.1. The van der Waals surface area contributed by atoms with E-state index in [4.69, 9.17) is 22.7 Å². The molecule has 1 aliphatic rings. The van der Waals surface area contributed by atoms with Crippen LogP contribution >= 0.6 is 12.2 Å². The first-order valence-electron chi connectivity index (χ1n) is 6.18. The predicted octanol–water partition coefficient (Wildman–Crippen LogP) is 2.31. The number of rotatable bonds is 3. The van der Waals surface area contributed by atoms with E-state index in [0.717, 1.165) is 18.2 Å². The Kier molecular flexibility index (Phi) is 4.48. The van der Waals surface area contributed by atoms with Crippen molar-refractivity contribution < 1.29 is 22.7 Å². The molecular formula is C13H13F3N2O2S. The highest BCUT2D eigenvalue weighted by Gasteiger charge is 2.32. The van der Waals surface area contributed by atoms with Crippen molar-refractivity contribution in [3.63, 3.8) is 0 Å². The van der Waals surface area contributed by atoms with Crippen LogP contribution in [-0.2, 0) is 15.7 Å². The minimum atomic E-state index is -4.50. The van der Waals surface area contributed by atoms with Gasteiger partial charge in [0, 0.05) is 12.2 Å². The first-order chi connectivity index (χ1) is 9.79. The highest BCUT2D eigenvalue weighted by atomic mass is 32.1. The lowest BCUT2D eigenvalue weighted by atomic mass is 10.1. The van der Waals surface area contributed by atoms with E-state index < -0.39 is 11.7 Å². The monoisotopic (exact) mass is 318 g/mol. The van der Waals surface area contributed by atoms with Crippen molar-refractivity contribution >= 4 is 28.8 Å². The number of alkyl halides is 3. The van der Waals surface area contributed by atoms with Gasteiger partial charge in [-0.2, -0.15) is 13.2 Å². The quantitative estimate of drug-likeness (QED) is 0.840. The molecule has 1 atom stereocenters. The Morgan fingerprint density at radius 1 is 1.43 bits per heavy atom. The van der Waals surface area contributed by atoms with Crippen LogP contribution in [0.5, 0.6) is 0 Å². The van der Waals surface area contributed by atoms with Gasteiger partial charge in [0.25, 0.3) is 0 Å². The van der Waals surface area contributed by atoms with Crippen LogP contribution in [0.25, 0.3) is 0 Å². The maximum atomic E-state index is 12.7. The van der Waals surface area contributed by atoms with E-state index >= 15 is 0 Å². The number of hydrogen-bond acceptors (Lipinski definition) is 3. The first kappa shape index (κ1) is 15.7. The largest absolute Gasteiger partial charge is 0.416 e. The lowest BCUT2D eigenvalue weighted by Crippen LogP contribution is -2.25. The van der Waals surface area contributed by atoms with Gasteiger partial charge in [0.2, 0.25) is 5.91 Å². The summed E-state index contributed by atoms with van der Waals surface area (Å²) in [4.78, 5) is 11.8. The van der Waals surface area contributed by atoms with Crippen molar-refractivity contribution in [3.8, 4) is 0 Å². The average molecular weight is 318 g/mol. The number of benzene rings is 1. The van der Waals surface area contributed by atoms with Crippen molar-refractivity contribution in [2.24, 2.45) is 11.7 Å². The lowest BCUT2D eigenvalue weighted by molar-refractivity contribution is -0.137. The second kappa shape index (κ2) is 5.98. The van der Waals surface area contributed by atoms with E-state index in [1.165, 1.54) is 0 Å². The van der Waals surface area contributed by atoms with E-state index in [-0.39, 0.29) is 28.1 Å². The Labute approximate surface area is 124 Å². The molecule has 0 aliphatic carbocycles. The van der Waals surface area contributed by atoms with Crippen molar-refractivity contribution in [1.29, 1.82) is 0 Å². The second-order valence-corrected chi connectivity index (χ2v) is 5.11. The minimum Gasteiger partial charge on any atom is -0.389 e. The van der Waals surface area contributed by atoms with E-state index in [0.29, 0.717) is 19.6 Å². The summed E-state index contributed by atoms with van der Waals surface area (Å²) in [5.74, 6) is -0.628. The van der Waals surface area contributed by atoms with E-state index in [1.807, 2.05) is 0 Å². The van der Waals surface area contributed by atoms with Crippen LogP contribution in [0, 0.1) is 5.92 Å². The van der Waals surface area contributed by atoms with Gasteiger partial charge < -0.3 is 15.8 Å². The van der Waals surface area contributed by atoms with Crippen LogP contribution in [0.2, 0.25) is 0 Å². The SMILES string of the molecule is NC(=S)c1cc(C(F)(F)F)ccc1NC(=O)C1CCOC1. The summed E-state index contributed by atoms with van der Waals surface area (Å²) >= 11 is 4.75. The Balaban J connectivity index is 2.26. The van der Waals surface area contributed by atoms with Gasteiger partial charge in [-0.15, -0.1) is 0 Å². The fourth-order valence-corrected chi connectivity index (χ4v) is 2.18. The van der Waals surface area contributed by atoms with Gasteiger partial charge in [0.05, 0.1) is 23.8 Å². The molecule has 0 bridgehead atoms. The van der Waals surface area contributed by atoms with Crippen molar-refractivity contribution in [2.45, 2.75) is 12.6 Å². The van der Waals surface area contributed by atoms with Gasteiger partial charge in [-0.3, -0.25) is 4.79 Å². The van der Waals surface area contributed by atoms with Crippen LogP contribution in [0.3, 0.4) is 0 Å². The zero-order chi connectivity index (χ0) is 15.6. The highest BCUT2D eigenvalue weighted by molar-refractivity contribution is 7.80. The van der Waals surface area contributed by atoms with Crippen LogP contribution in [0.15, 0.2) is 18.2 Å². The Bertz CT molecular complexity index is 569. The third-order valence-electron chi connectivity index (χ3n) is 3.17. The molecule has 0 spiro atoms. The summed E-state index contributed by atoms with van der Waals surface area (Å²) in [5.41, 5.74) is 4.74. The molecule has 1 aromatic rings. The molecular weight excluding hydrogens is 305 g/mol. The fraction of sp³-hybridized carbons (Fsp3) is 0.385. The lowest BCUT2D eigenvalue weighted by Gasteiger charge is -2.15. The molecule has 1 saturated heterocycles. The van der Waals surface area contributed by atoms with Crippen molar-refractivity contribution in [3.05, 3.63) is 29.3 Å². The number of ether oxygens (including phenoxy) is 1. The molecule has 114 valence electrons. The number of hydrogen-bond donors (Lipinski definition) is 2. The standard InChI is InChI=1S/C13H13F3N2O2S/c14-13(15,16)8-1-2-10(9(5-8)11(17)21)18-12(19)7-3-4-20-6-7/h1-2,5,7H,3-4,6H2,(H2,17,21)(H,18,19). The third kappa shape index (κ3) is 3.70. The normalized spacial score (nSPS) is 18.5. The maximum Gasteiger partial charge on any atom is 0.416 e. The van der Waals surface area contributed by atoms with E-state index in [2.05, 4.69) is 5.32 Å². The van der Waals surface area contributed by atoms with Gasteiger partial charge >= 0.3 is 6.18 Å². The third-order valence-corrected chi connectivity index (χ3v) is 3.39. The molecule has 4 nitrogen and oxygen atoms in total. The van der Waals surface area contributed by atoms with Gasteiger partial charge in [-0.25, -0.2) is 0 Å².